The summed E-state index contributed by atoms with van der Waals surface area (Å²) in [5.41, 5.74) is 2.62. The lowest BCUT2D eigenvalue weighted by molar-refractivity contribution is -0.122. The predicted octanol–water partition coefficient (Wildman–Crippen LogP) is 3.03. The van der Waals surface area contributed by atoms with Gasteiger partial charge in [0.1, 0.15) is 0 Å². The van der Waals surface area contributed by atoms with Gasteiger partial charge in [-0.2, -0.15) is 0 Å². The van der Waals surface area contributed by atoms with Crippen LogP contribution in [0.4, 0.5) is 0 Å². The summed E-state index contributed by atoms with van der Waals surface area (Å²) in [4.78, 5) is 12.1. The molecule has 1 aliphatic carbocycles. The summed E-state index contributed by atoms with van der Waals surface area (Å²) in [6.45, 7) is 0.302. The van der Waals surface area contributed by atoms with Crippen molar-refractivity contribution < 1.29 is 9.90 Å². The van der Waals surface area contributed by atoms with Gasteiger partial charge in [0.25, 0.3) is 0 Å². The number of fused-ring (bicyclic) bond motifs is 1. The van der Waals surface area contributed by atoms with Crippen LogP contribution in [0, 0.1) is 0 Å². The summed E-state index contributed by atoms with van der Waals surface area (Å²) in [6.07, 6.45) is 2.32. The molecule has 0 saturated carbocycles. The standard InChI is InChI=1S/C19H20BrNO2/c20-17-8-4-3-5-14(17)9-10-18(22)21-13-19(23)11-15-6-1-2-7-16(15)12-19/h1-8,23H,9-13H2,(H,21,22). The fourth-order valence-electron chi connectivity index (χ4n) is 3.10. The molecular formula is C19H20BrNO2. The Bertz CT molecular complexity index is 689. The average Bonchev–Trinajstić information content (AvgIpc) is 2.89. The second-order valence-corrected chi connectivity index (χ2v) is 7.07. The Morgan fingerprint density at radius 2 is 1.70 bits per heavy atom. The van der Waals surface area contributed by atoms with E-state index in [-0.39, 0.29) is 5.91 Å². The van der Waals surface area contributed by atoms with E-state index in [1.54, 1.807) is 0 Å². The van der Waals surface area contributed by atoms with Gasteiger partial charge in [-0.05, 0) is 29.2 Å². The van der Waals surface area contributed by atoms with Gasteiger partial charge in [0.15, 0.2) is 0 Å². The Hall–Kier alpha value is -1.65. The topological polar surface area (TPSA) is 49.3 Å². The Labute approximate surface area is 144 Å². The maximum Gasteiger partial charge on any atom is 0.220 e. The second-order valence-electron chi connectivity index (χ2n) is 6.21. The number of hydrogen-bond donors (Lipinski definition) is 2. The third-order valence-corrected chi connectivity index (χ3v) is 5.12. The van der Waals surface area contributed by atoms with Gasteiger partial charge in [0, 0.05) is 30.3 Å². The van der Waals surface area contributed by atoms with E-state index >= 15 is 0 Å². The van der Waals surface area contributed by atoms with Crippen molar-refractivity contribution in [2.45, 2.75) is 31.3 Å². The number of rotatable bonds is 5. The quantitative estimate of drug-likeness (QED) is 0.845. The van der Waals surface area contributed by atoms with E-state index in [9.17, 15) is 9.90 Å². The summed E-state index contributed by atoms with van der Waals surface area (Å²) in [5, 5.41) is 13.6. The summed E-state index contributed by atoms with van der Waals surface area (Å²) < 4.78 is 1.03. The van der Waals surface area contributed by atoms with Gasteiger partial charge in [-0.1, -0.05) is 58.4 Å². The molecule has 1 aliphatic rings. The average molecular weight is 374 g/mol. The number of carbonyl (C=O) groups is 1. The summed E-state index contributed by atoms with van der Waals surface area (Å²) >= 11 is 3.49. The minimum absolute atomic E-state index is 0.0230. The van der Waals surface area contributed by atoms with Crippen molar-refractivity contribution >= 4 is 21.8 Å². The molecule has 0 radical (unpaired) electrons. The molecule has 120 valence electrons. The molecule has 0 heterocycles. The van der Waals surface area contributed by atoms with Gasteiger partial charge in [0.2, 0.25) is 5.91 Å². The first-order chi connectivity index (χ1) is 11.1. The molecule has 23 heavy (non-hydrogen) atoms. The molecule has 0 aromatic heterocycles. The van der Waals surface area contributed by atoms with Crippen LogP contribution in [0.15, 0.2) is 53.0 Å². The van der Waals surface area contributed by atoms with Crippen molar-refractivity contribution in [2.24, 2.45) is 0 Å². The highest BCUT2D eigenvalue weighted by molar-refractivity contribution is 9.10. The summed E-state index contributed by atoms with van der Waals surface area (Å²) in [6, 6.07) is 16.0. The summed E-state index contributed by atoms with van der Waals surface area (Å²) in [5.74, 6) is -0.0230. The molecule has 0 fully saturated rings. The fourth-order valence-corrected chi connectivity index (χ4v) is 3.58. The molecular weight excluding hydrogens is 354 g/mol. The second kappa shape index (κ2) is 6.85. The van der Waals surface area contributed by atoms with Crippen LogP contribution in [0.1, 0.15) is 23.1 Å². The van der Waals surface area contributed by atoms with E-state index in [1.807, 2.05) is 48.5 Å². The van der Waals surface area contributed by atoms with Crippen molar-refractivity contribution in [1.82, 2.24) is 5.32 Å². The summed E-state index contributed by atoms with van der Waals surface area (Å²) in [7, 11) is 0. The van der Waals surface area contributed by atoms with Crippen LogP contribution < -0.4 is 5.32 Å². The predicted molar refractivity (Wildman–Crippen MR) is 94.3 cm³/mol. The first-order valence-electron chi connectivity index (χ1n) is 7.85. The third kappa shape index (κ3) is 4.01. The van der Waals surface area contributed by atoms with Crippen LogP contribution in [0.25, 0.3) is 0 Å². The van der Waals surface area contributed by atoms with Gasteiger partial charge in [-0.3, -0.25) is 4.79 Å². The van der Waals surface area contributed by atoms with E-state index in [0.717, 1.165) is 10.0 Å². The van der Waals surface area contributed by atoms with Crippen molar-refractivity contribution in [2.75, 3.05) is 6.54 Å². The van der Waals surface area contributed by atoms with Crippen molar-refractivity contribution in [3.05, 3.63) is 69.7 Å². The Balaban J connectivity index is 1.49. The van der Waals surface area contributed by atoms with Crippen LogP contribution >= 0.6 is 15.9 Å². The highest BCUT2D eigenvalue weighted by atomic mass is 79.9. The Morgan fingerprint density at radius 3 is 2.35 bits per heavy atom. The number of carbonyl (C=O) groups excluding carboxylic acids is 1. The van der Waals surface area contributed by atoms with Gasteiger partial charge in [0.05, 0.1) is 5.60 Å². The first kappa shape index (κ1) is 16.2. The van der Waals surface area contributed by atoms with E-state index in [2.05, 4.69) is 21.2 Å². The molecule has 2 aromatic rings. The number of hydrogen-bond acceptors (Lipinski definition) is 2. The number of benzene rings is 2. The fraction of sp³-hybridized carbons (Fsp3) is 0.316. The molecule has 2 aromatic carbocycles. The largest absolute Gasteiger partial charge is 0.387 e. The first-order valence-corrected chi connectivity index (χ1v) is 8.64. The smallest absolute Gasteiger partial charge is 0.220 e. The van der Waals surface area contributed by atoms with Crippen molar-refractivity contribution in [3.63, 3.8) is 0 Å². The molecule has 0 saturated heterocycles. The molecule has 0 atom stereocenters. The molecule has 0 aliphatic heterocycles. The van der Waals surface area contributed by atoms with Crippen LogP contribution in [0.5, 0.6) is 0 Å². The Kier molecular flexibility index (Phi) is 4.83. The molecule has 3 nitrogen and oxygen atoms in total. The number of aliphatic hydroxyl groups is 1. The lowest BCUT2D eigenvalue weighted by Crippen LogP contribution is -2.43. The van der Waals surface area contributed by atoms with Crippen LogP contribution in [0.3, 0.4) is 0 Å². The molecule has 4 heteroatoms. The van der Waals surface area contributed by atoms with Gasteiger partial charge >= 0.3 is 0 Å². The minimum atomic E-state index is -0.854. The highest BCUT2D eigenvalue weighted by Gasteiger charge is 2.35. The zero-order chi connectivity index (χ0) is 16.3. The number of halogens is 1. The van der Waals surface area contributed by atoms with Crippen LogP contribution in [-0.2, 0) is 24.1 Å². The van der Waals surface area contributed by atoms with E-state index in [0.29, 0.717) is 32.2 Å². The SMILES string of the molecule is O=C(CCc1ccccc1Br)NCC1(O)Cc2ccccc2C1. The number of aryl methyl sites for hydroxylation is 1. The molecule has 0 unspecified atom stereocenters. The third-order valence-electron chi connectivity index (χ3n) is 4.35. The lowest BCUT2D eigenvalue weighted by Gasteiger charge is -2.22. The van der Waals surface area contributed by atoms with E-state index < -0.39 is 5.60 Å². The van der Waals surface area contributed by atoms with E-state index in [4.69, 9.17) is 0 Å². The van der Waals surface area contributed by atoms with Gasteiger partial charge in [-0.25, -0.2) is 0 Å². The minimum Gasteiger partial charge on any atom is -0.387 e. The zero-order valence-corrected chi connectivity index (χ0v) is 14.5. The van der Waals surface area contributed by atoms with Crippen LogP contribution in [0.2, 0.25) is 0 Å². The highest BCUT2D eigenvalue weighted by Crippen LogP contribution is 2.29. The molecule has 0 spiro atoms. The maximum atomic E-state index is 12.1. The van der Waals surface area contributed by atoms with Gasteiger partial charge in [-0.15, -0.1) is 0 Å². The molecule has 3 rings (SSSR count). The lowest BCUT2D eigenvalue weighted by atomic mass is 10.0. The monoisotopic (exact) mass is 373 g/mol. The van der Waals surface area contributed by atoms with Gasteiger partial charge < -0.3 is 10.4 Å². The molecule has 1 amide bonds. The number of amides is 1. The van der Waals surface area contributed by atoms with Crippen molar-refractivity contribution in [3.8, 4) is 0 Å². The van der Waals surface area contributed by atoms with Crippen LogP contribution in [-0.4, -0.2) is 23.2 Å². The Morgan fingerprint density at radius 1 is 1.09 bits per heavy atom. The molecule has 2 N–H and O–H groups in total. The number of nitrogens with one attached hydrogen (secondary N) is 1. The normalized spacial score (nSPS) is 15.2. The van der Waals surface area contributed by atoms with E-state index in [1.165, 1.54) is 11.1 Å². The van der Waals surface area contributed by atoms with Crippen molar-refractivity contribution in [1.29, 1.82) is 0 Å². The zero-order valence-electron chi connectivity index (χ0n) is 12.9. The molecule has 0 bridgehead atoms. The maximum absolute atomic E-state index is 12.1.